The predicted molar refractivity (Wildman–Crippen MR) is 121 cm³/mol. The summed E-state index contributed by atoms with van der Waals surface area (Å²) in [6.45, 7) is 3.20. The molecule has 1 aliphatic heterocycles. The van der Waals surface area contributed by atoms with Crippen molar-refractivity contribution in [3.63, 3.8) is 0 Å². The van der Waals surface area contributed by atoms with Crippen molar-refractivity contribution in [1.82, 2.24) is 0 Å². The molecule has 6 nitrogen and oxygen atoms in total. The summed E-state index contributed by atoms with van der Waals surface area (Å²) in [4.78, 5) is 4.77. The molecule has 156 valence electrons. The van der Waals surface area contributed by atoms with Gasteiger partial charge in [-0.15, -0.1) is 0 Å². The fraction of sp³-hybridized carbons (Fsp3) is 0.217. The van der Waals surface area contributed by atoms with Crippen LogP contribution in [0.5, 0.6) is 5.75 Å². The average molecular weight is 424 g/mol. The summed E-state index contributed by atoms with van der Waals surface area (Å²) in [5.41, 5.74) is 2.56. The largest absolute Gasteiger partial charge is 0.495 e. The number of sulfonamides is 1. The van der Waals surface area contributed by atoms with Crippen LogP contribution in [-0.2, 0) is 10.0 Å². The highest BCUT2D eigenvalue weighted by atomic mass is 32.2. The third-order valence-electron chi connectivity index (χ3n) is 5.25. The summed E-state index contributed by atoms with van der Waals surface area (Å²) in [7, 11) is -1.96. The minimum atomic E-state index is -3.64. The summed E-state index contributed by atoms with van der Waals surface area (Å²) < 4.78 is 33.8. The van der Waals surface area contributed by atoms with Gasteiger partial charge in [0.1, 0.15) is 5.75 Å². The third-order valence-corrected chi connectivity index (χ3v) is 6.63. The van der Waals surface area contributed by atoms with Gasteiger partial charge in [0, 0.05) is 26.2 Å². The lowest BCUT2D eigenvalue weighted by molar-refractivity contribution is 0.413. The highest BCUT2D eigenvalue weighted by Gasteiger charge is 2.23. The molecule has 0 saturated carbocycles. The Balaban J connectivity index is 1.51. The molecule has 1 N–H and O–H groups in total. The van der Waals surface area contributed by atoms with Gasteiger partial charge in [-0.1, -0.05) is 42.5 Å². The van der Waals surface area contributed by atoms with Crippen LogP contribution in [0, 0.1) is 0 Å². The van der Waals surface area contributed by atoms with E-state index in [1.807, 2.05) is 42.5 Å². The van der Waals surface area contributed by atoms with E-state index in [2.05, 4.69) is 20.6 Å². The molecule has 3 aromatic carbocycles. The molecule has 0 radical (unpaired) electrons. The second kappa shape index (κ2) is 8.67. The van der Waals surface area contributed by atoms with Crippen molar-refractivity contribution in [3.8, 4) is 5.75 Å². The molecule has 1 saturated heterocycles. The number of anilines is 3. The molecule has 30 heavy (non-hydrogen) atoms. The maximum absolute atomic E-state index is 12.8. The average Bonchev–Trinajstić information content (AvgIpc) is 2.80. The second-order valence-corrected chi connectivity index (χ2v) is 8.76. The highest BCUT2D eigenvalue weighted by molar-refractivity contribution is 7.92. The van der Waals surface area contributed by atoms with Crippen LogP contribution in [0.4, 0.5) is 17.1 Å². The zero-order valence-electron chi connectivity index (χ0n) is 16.9. The van der Waals surface area contributed by atoms with Crippen LogP contribution < -0.4 is 19.3 Å². The predicted octanol–water partition coefficient (Wildman–Crippen LogP) is 3.82. The molecule has 0 spiro atoms. The number of ether oxygens (including phenoxy) is 1. The number of hydrogen-bond donors (Lipinski definition) is 1. The molecule has 1 fully saturated rings. The first kappa shape index (κ1) is 20.1. The van der Waals surface area contributed by atoms with Gasteiger partial charge in [0.25, 0.3) is 10.0 Å². The van der Waals surface area contributed by atoms with Crippen molar-refractivity contribution in [2.24, 2.45) is 0 Å². The van der Waals surface area contributed by atoms with Crippen LogP contribution in [0.2, 0.25) is 0 Å². The molecule has 0 aromatic heterocycles. The van der Waals surface area contributed by atoms with E-state index in [1.54, 1.807) is 37.4 Å². The minimum absolute atomic E-state index is 0.251. The molecule has 0 aliphatic carbocycles. The summed E-state index contributed by atoms with van der Waals surface area (Å²) in [6, 6.07) is 24.0. The SMILES string of the molecule is COc1ccccc1N1CCN(c2ccccc2NS(=O)(=O)c2ccccc2)CC1. The van der Waals surface area contributed by atoms with Gasteiger partial charge >= 0.3 is 0 Å². The molecule has 0 atom stereocenters. The fourth-order valence-corrected chi connectivity index (χ4v) is 4.81. The van der Waals surface area contributed by atoms with Crippen LogP contribution in [0.15, 0.2) is 83.8 Å². The number of benzene rings is 3. The lowest BCUT2D eigenvalue weighted by atomic mass is 10.2. The topological polar surface area (TPSA) is 61.9 Å². The summed E-state index contributed by atoms with van der Waals surface area (Å²) in [6.07, 6.45) is 0. The summed E-state index contributed by atoms with van der Waals surface area (Å²) in [5.74, 6) is 0.863. The van der Waals surface area contributed by atoms with Gasteiger partial charge in [0.15, 0.2) is 0 Å². The minimum Gasteiger partial charge on any atom is -0.495 e. The number of hydrogen-bond acceptors (Lipinski definition) is 5. The van der Waals surface area contributed by atoms with Crippen LogP contribution in [-0.4, -0.2) is 41.7 Å². The molecule has 0 amide bonds. The van der Waals surface area contributed by atoms with E-state index < -0.39 is 10.0 Å². The number of rotatable bonds is 6. The van der Waals surface area contributed by atoms with E-state index in [4.69, 9.17) is 4.74 Å². The fourth-order valence-electron chi connectivity index (χ4n) is 3.72. The van der Waals surface area contributed by atoms with Crippen LogP contribution in [0.3, 0.4) is 0 Å². The van der Waals surface area contributed by atoms with Gasteiger partial charge in [0.05, 0.1) is 29.1 Å². The number of para-hydroxylation sites is 4. The molecule has 3 aromatic rings. The van der Waals surface area contributed by atoms with Crippen molar-refractivity contribution < 1.29 is 13.2 Å². The Hall–Kier alpha value is -3.19. The lowest BCUT2D eigenvalue weighted by Gasteiger charge is -2.38. The second-order valence-electron chi connectivity index (χ2n) is 7.08. The number of nitrogens with one attached hydrogen (secondary N) is 1. The molecule has 4 rings (SSSR count). The Labute approximate surface area is 177 Å². The van der Waals surface area contributed by atoms with E-state index in [0.717, 1.165) is 43.3 Å². The van der Waals surface area contributed by atoms with Gasteiger partial charge in [-0.05, 0) is 36.4 Å². The first-order valence-corrected chi connectivity index (χ1v) is 11.4. The molecule has 0 bridgehead atoms. The normalized spacial score (nSPS) is 14.4. The van der Waals surface area contributed by atoms with E-state index in [9.17, 15) is 8.42 Å². The van der Waals surface area contributed by atoms with Crippen LogP contribution >= 0.6 is 0 Å². The van der Waals surface area contributed by atoms with Crippen molar-refractivity contribution in [2.75, 3.05) is 47.8 Å². The van der Waals surface area contributed by atoms with Crippen molar-refractivity contribution in [2.45, 2.75) is 4.90 Å². The first-order valence-electron chi connectivity index (χ1n) is 9.88. The molecular formula is C23H25N3O3S. The zero-order chi connectivity index (χ0) is 21.0. The lowest BCUT2D eigenvalue weighted by Crippen LogP contribution is -2.46. The number of piperazine rings is 1. The Morgan fingerprint density at radius 1 is 0.733 bits per heavy atom. The Kier molecular flexibility index (Phi) is 5.81. The van der Waals surface area contributed by atoms with E-state index in [-0.39, 0.29) is 4.90 Å². The Bertz CT molecular complexity index is 1100. The first-order chi connectivity index (χ1) is 14.6. The van der Waals surface area contributed by atoms with Gasteiger partial charge in [-0.25, -0.2) is 8.42 Å². The van der Waals surface area contributed by atoms with Gasteiger partial charge < -0.3 is 14.5 Å². The molecular weight excluding hydrogens is 398 g/mol. The molecule has 1 aliphatic rings. The number of nitrogens with zero attached hydrogens (tertiary/aromatic N) is 2. The summed E-state index contributed by atoms with van der Waals surface area (Å²) >= 11 is 0. The molecule has 0 unspecified atom stereocenters. The Morgan fingerprint density at radius 3 is 1.93 bits per heavy atom. The molecule has 7 heteroatoms. The highest BCUT2D eigenvalue weighted by Crippen LogP contribution is 2.32. The van der Waals surface area contributed by atoms with Gasteiger partial charge in [-0.2, -0.15) is 0 Å². The smallest absolute Gasteiger partial charge is 0.261 e. The van der Waals surface area contributed by atoms with Crippen molar-refractivity contribution in [3.05, 3.63) is 78.9 Å². The maximum atomic E-state index is 12.8. The quantitative estimate of drug-likeness (QED) is 0.653. The monoisotopic (exact) mass is 423 g/mol. The summed E-state index contributed by atoms with van der Waals surface area (Å²) in [5, 5.41) is 0. The molecule has 1 heterocycles. The zero-order valence-corrected chi connectivity index (χ0v) is 17.7. The van der Waals surface area contributed by atoms with Crippen LogP contribution in [0.1, 0.15) is 0 Å². The van der Waals surface area contributed by atoms with Gasteiger partial charge in [0.2, 0.25) is 0 Å². The van der Waals surface area contributed by atoms with Crippen molar-refractivity contribution in [1.29, 1.82) is 0 Å². The third kappa shape index (κ3) is 4.21. The Morgan fingerprint density at radius 2 is 1.27 bits per heavy atom. The van der Waals surface area contributed by atoms with Crippen molar-refractivity contribution >= 4 is 27.1 Å². The maximum Gasteiger partial charge on any atom is 0.261 e. The standard InChI is InChI=1S/C23H25N3O3S/c1-29-23-14-8-7-13-22(23)26-17-15-25(16-18-26)21-12-6-5-11-20(21)24-30(27,28)19-9-3-2-4-10-19/h2-14,24H,15-18H2,1H3. The van der Waals surface area contributed by atoms with Crippen LogP contribution in [0.25, 0.3) is 0 Å². The van der Waals surface area contributed by atoms with E-state index in [0.29, 0.717) is 5.69 Å². The van der Waals surface area contributed by atoms with E-state index >= 15 is 0 Å². The number of methoxy groups -OCH3 is 1. The van der Waals surface area contributed by atoms with E-state index in [1.165, 1.54) is 0 Å². The van der Waals surface area contributed by atoms with Gasteiger partial charge in [-0.3, -0.25) is 4.72 Å².